The van der Waals surface area contributed by atoms with Gasteiger partial charge >= 0.3 is 0 Å². The molecule has 1 atom stereocenters. The standard InChI is InChI=1S/C12H11NO3/c14-12-6-11(13(15)16)9-4-7-2-1-3-8(7)5-10(9)12/h4-5,11H,1-3,6H2. The Kier molecular flexibility index (Phi) is 1.87. The van der Waals surface area contributed by atoms with Gasteiger partial charge in [-0.3, -0.25) is 14.9 Å². The zero-order valence-corrected chi connectivity index (χ0v) is 8.73. The van der Waals surface area contributed by atoms with Gasteiger partial charge in [0.25, 0.3) is 0 Å². The number of nitro groups is 1. The van der Waals surface area contributed by atoms with Crippen LogP contribution in [0.4, 0.5) is 0 Å². The lowest BCUT2D eigenvalue weighted by atomic mass is 10.0. The van der Waals surface area contributed by atoms with Crippen molar-refractivity contribution in [3.05, 3.63) is 44.5 Å². The van der Waals surface area contributed by atoms with Crippen LogP contribution in [0.1, 0.15) is 45.9 Å². The highest BCUT2D eigenvalue weighted by molar-refractivity contribution is 6.01. The number of carbonyl (C=O) groups is 1. The number of nitrogens with zero attached hydrogens (tertiary/aromatic N) is 1. The molecule has 1 aromatic rings. The Morgan fingerprint density at radius 1 is 1.25 bits per heavy atom. The first-order valence-corrected chi connectivity index (χ1v) is 5.49. The number of rotatable bonds is 1. The van der Waals surface area contributed by atoms with Gasteiger partial charge in [0.2, 0.25) is 6.04 Å². The molecule has 4 nitrogen and oxygen atoms in total. The van der Waals surface area contributed by atoms with E-state index in [1.807, 2.05) is 12.1 Å². The smallest absolute Gasteiger partial charge is 0.246 e. The van der Waals surface area contributed by atoms with E-state index in [1.54, 1.807) is 0 Å². The largest absolute Gasteiger partial charge is 0.294 e. The number of aryl methyl sites for hydroxylation is 2. The molecule has 0 radical (unpaired) electrons. The van der Waals surface area contributed by atoms with E-state index in [2.05, 4.69) is 0 Å². The van der Waals surface area contributed by atoms with Crippen LogP contribution in [0.15, 0.2) is 12.1 Å². The summed E-state index contributed by atoms with van der Waals surface area (Å²) >= 11 is 0. The Hall–Kier alpha value is -1.71. The number of hydrogen-bond donors (Lipinski definition) is 0. The first-order valence-electron chi connectivity index (χ1n) is 5.49. The zero-order valence-electron chi connectivity index (χ0n) is 8.73. The van der Waals surface area contributed by atoms with Crippen LogP contribution in [0.2, 0.25) is 0 Å². The normalized spacial score (nSPS) is 22.0. The van der Waals surface area contributed by atoms with Gasteiger partial charge in [0.1, 0.15) is 0 Å². The van der Waals surface area contributed by atoms with E-state index in [0.717, 1.165) is 19.3 Å². The Bertz CT molecular complexity index is 507. The second-order valence-corrected chi connectivity index (χ2v) is 4.49. The zero-order chi connectivity index (χ0) is 11.3. The Morgan fingerprint density at radius 2 is 1.94 bits per heavy atom. The van der Waals surface area contributed by atoms with Crippen molar-refractivity contribution in [2.24, 2.45) is 0 Å². The highest BCUT2D eigenvalue weighted by Gasteiger charge is 2.38. The molecule has 3 rings (SSSR count). The molecule has 1 aromatic carbocycles. The summed E-state index contributed by atoms with van der Waals surface area (Å²) in [4.78, 5) is 22.2. The van der Waals surface area contributed by atoms with E-state index in [1.165, 1.54) is 11.1 Å². The minimum absolute atomic E-state index is 0.0330. The lowest BCUT2D eigenvalue weighted by Gasteiger charge is -2.05. The summed E-state index contributed by atoms with van der Waals surface area (Å²) in [6, 6.07) is 2.95. The number of ketones is 1. The third-order valence-corrected chi connectivity index (χ3v) is 3.56. The van der Waals surface area contributed by atoms with Crippen LogP contribution in [-0.2, 0) is 12.8 Å². The van der Waals surface area contributed by atoms with E-state index < -0.39 is 6.04 Å². The molecule has 16 heavy (non-hydrogen) atoms. The minimum atomic E-state index is -0.812. The van der Waals surface area contributed by atoms with Crippen molar-refractivity contribution in [3.63, 3.8) is 0 Å². The molecule has 2 aliphatic carbocycles. The first kappa shape index (κ1) is 9.51. The molecule has 0 aromatic heterocycles. The van der Waals surface area contributed by atoms with E-state index >= 15 is 0 Å². The highest BCUT2D eigenvalue weighted by atomic mass is 16.6. The SMILES string of the molecule is O=C1CC([N+](=O)[O-])c2cc3c(cc21)CCC3. The fourth-order valence-electron chi connectivity index (χ4n) is 2.74. The molecule has 0 spiro atoms. The van der Waals surface area contributed by atoms with Crippen molar-refractivity contribution in [2.45, 2.75) is 31.7 Å². The maximum absolute atomic E-state index is 11.7. The summed E-state index contributed by atoms with van der Waals surface area (Å²) in [7, 11) is 0. The van der Waals surface area contributed by atoms with Crippen molar-refractivity contribution in [1.82, 2.24) is 0 Å². The maximum Gasteiger partial charge on any atom is 0.246 e. The third kappa shape index (κ3) is 1.19. The van der Waals surface area contributed by atoms with E-state index in [-0.39, 0.29) is 17.1 Å². The lowest BCUT2D eigenvalue weighted by Crippen LogP contribution is -2.07. The number of hydrogen-bond acceptors (Lipinski definition) is 3. The molecule has 0 aliphatic heterocycles. The molecule has 4 heteroatoms. The van der Waals surface area contributed by atoms with Crippen molar-refractivity contribution >= 4 is 5.78 Å². The van der Waals surface area contributed by atoms with Gasteiger partial charge in [-0.05, 0) is 42.5 Å². The van der Waals surface area contributed by atoms with Gasteiger partial charge in [0.15, 0.2) is 5.78 Å². The van der Waals surface area contributed by atoms with Gasteiger partial charge in [0.05, 0.1) is 6.42 Å². The third-order valence-electron chi connectivity index (χ3n) is 3.56. The molecular weight excluding hydrogens is 206 g/mol. The molecule has 0 fully saturated rings. The topological polar surface area (TPSA) is 60.2 Å². The van der Waals surface area contributed by atoms with Gasteiger partial charge in [-0.15, -0.1) is 0 Å². The molecule has 2 aliphatic rings. The highest BCUT2D eigenvalue weighted by Crippen LogP contribution is 2.37. The number of fused-ring (bicyclic) bond motifs is 2. The fraction of sp³-hybridized carbons (Fsp3) is 0.417. The van der Waals surface area contributed by atoms with Gasteiger partial charge in [0, 0.05) is 16.1 Å². The molecule has 0 heterocycles. The van der Waals surface area contributed by atoms with Gasteiger partial charge in [-0.1, -0.05) is 0 Å². The van der Waals surface area contributed by atoms with Crippen LogP contribution in [0, 0.1) is 10.1 Å². The van der Waals surface area contributed by atoms with Crippen molar-refractivity contribution < 1.29 is 9.72 Å². The molecule has 1 unspecified atom stereocenters. The molecule has 82 valence electrons. The summed E-state index contributed by atoms with van der Waals surface area (Å²) in [5.41, 5.74) is 3.62. The molecule has 0 saturated heterocycles. The first-order chi connectivity index (χ1) is 7.66. The summed E-state index contributed by atoms with van der Waals surface area (Å²) in [6.07, 6.45) is 3.11. The summed E-state index contributed by atoms with van der Waals surface area (Å²) in [5.74, 6) is -0.0774. The van der Waals surface area contributed by atoms with Crippen LogP contribution in [-0.4, -0.2) is 10.7 Å². The number of Topliss-reactive ketones (excluding diaryl/α,β-unsaturated/α-hetero) is 1. The molecule has 0 amide bonds. The molecule has 0 saturated carbocycles. The number of benzene rings is 1. The second kappa shape index (κ2) is 3.14. The van der Waals surface area contributed by atoms with Crippen LogP contribution in [0.3, 0.4) is 0 Å². The van der Waals surface area contributed by atoms with Crippen LogP contribution >= 0.6 is 0 Å². The van der Waals surface area contributed by atoms with E-state index in [0.29, 0.717) is 11.1 Å². The monoisotopic (exact) mass is 217 g/mol. The molecular formula is C12H11NO3. The Labute approximate surface area is 92.4 Å². The average molecular weight is 217 g/mol. The van der Waals surface area contributed by atoms with Gasteiger partial charge in [-0.25, -0.2) is 0 Å². The van der Waals surface area contributed by atoms with Gasteiger partial charge < -0.3 is 0 Å². The fourth-order valence-corrected chi connectivity index (χ4v) is 2.74. The van der Waals surface area contributed by atoms with Crippen LogP contribution < -0.4 is 0 Å². The predicted molar refractivity (Wildman–Crippen MR) is 57.1 cm³/mol. The van der Waals surface area contributed by atoms with Crippen LogP contribution in [0.25, 0.3) is 0 Å². The molecule has 0 N–H and O–H groups in total. The van der Waals surface area contributed by atoms with Crippen molar-refractivity contribution in [3.8, 4) is 0 Å². The summed E-state index contributed by atoms with van der Waals surface area (Å²) < 4.78 is 0. The van der Waals surface area contributed by atoms with E-state index in [9.17, 15) is 14.9 Å². The maximum atomic E-state index is 11.7. The quantitative estimate of drug-likeness (QED) is 0.534. The predicted octanol–water partition coefficient (Wildman–Crippen LogP) is 2.08. The minimum Gasteiger partial charge on any atom is -0.294 e. The van der Waals surface area contributed by atoms with Gasteiger partial charge in [-0.2, -0.15) is 0 Å². The summed E-state index contributed by atoms with van der Waals surface area (Å²) in [5, 5.41) is 10.9. The summed E-state index contributed by atoms with van der Waals surface area (Å²) in [6.45, 7) is 0. The molecule has 0 bridgehead atoms. The second-order valence-electron chi connectivity index (χ2n) is 4.49. The number of carbonyl (C=O) groups excluding carboxylic acids is 1. The Balaban J connectivity index is 2.17. The Morgan fingerprint density at radius 3 is 2.62 bits per heavy atom. The van der Waals surface area contributed by atoms with Crippen molar-refractivity contribution in [1.29, 1.82) is 0 Å². The lowest BCUT2D eigenvalue weighted by molar-refractivity contribution is -0.526. The van der Waals surface area contributed by atoms with Crippen molar-refractivity contribution in [2.75, 3.05) is 0 Å². The average Bonchev–Trinajstić information content (AvgIpc) is 2.80. The van der Waals surface area contributed by atoms with E-state index in [4.69, 9.17) is 0 Å². The van der Waals surface area contributed by atoms with Crippen LogP contribution in [0.5, 0.6) is 0 Å².